The van der Waals surface area contributed by atoms with Crippen LogP contribution in [-0.4, -0.2) is 9.97 Å². The van der Waals surface area contributed by atoms with Crippen molar-refractivity contribution in [3.63, 3.8) is 0 Å². The molecular formula is C18H12N2O. The van der Waals surface area contributed by atoms with Crippen molar-refractivity contribution in [2.75, 3.05) is 0 Å². The summed E-state index contributed by atoms with van der Waals surface area (Å²) in [6.45, 7) is 0. The zero-order valence-electron chi connectivity index (χ0n) is 11.2. The quantitative estimate of drug-likeness (QED) is 0.573. The number of aromatic amines is 1. The van der Waals surface area contributed by atoms with E-state index in [0.29, 0.717) is 10.9 Å². The summed E-state index contributed by atoms with van der Waals surface area (Å²) in [5, 5.41) is 2.98. The van der Waals surface area contributed by atoms with Gasteiger partial charge in [0.25, 0.3) is 5.56 Å². The maximum absolute atomic E-state index is 11.9. The SMILES string of the molecule is O=c1[nH]cnc2ccc(-c3cccc4ccccc34)cc12. The van der Waals surface area contributed by atoms with Gasteiger partial charge in [-0.15, -0.1) is 0 Å². The number of nitrogens with zero attached hydrogens (tertiary/aromatic N) is 1. The summed E-state index contributed by atoms with van der Waals surface area (Å²) in [5.74, 6) is 0. The van der Waals surface area contributed by atoms with Crippen molar-refractivity contribution >= 4 is 21.7 Å². The minimum atomic E-state index is -0.109. The summed E-state index contributed by atoms with van der Waals surface area (Å²) in [5.41, 5.74) is 2.75. The van der Waals surface area contributed by atoms with Crippen LogP contribution in [0.2, 0.25) is 0 Å². The van der Waals surface area contributed by atoms with E-state index < -0.39 is 0 Å². The summed E-state index contributed by atoms with van der Waals surface area (Å²) in [6.07, 6.45) is 1.43. The lowest BCUT2D eigenvalue weighted by Crippen LogP contribution is -2.05. The molecule has 0 radical (unpaired) electrons. The number of hydrogen-bond acceptors (Lipinski definition) is 2. The number of hydrogen-bond donors (Lipinski definition) is 1. The smallest absolute Gasteiger partial charge is 0.258 e. The molecular weight excluding hydrogens is 260 g/mol. The number of aromatic nitrogens is 2. The van der Waals surface area contributed by atoms with Crippen LogP contribution in [0, 0.1) is 0 Å². The summed E-state index contributed by atoms with van der Waals surface area (Å²) in [6, 6.07) is 20.3. The number of H-pyrrole nitrogens is 1. The Balaban J connectivity index is 2.05. The molecule has 21 heavy (non-hydrogen) atoms. The van der Waals surface area contributed by atoms with Crippen molar-refractivity contribution in [1.29, 1.82) is 0 Å². The van der Waals surface area contributed by atoms with Crippen molar-refractivity contribution in [3.05, 3.63) is 77.3 Å². The normalized spacial score (nSPS) is 11.0. The van der Waals surface area contributed by atoms with Gasteiger partial charge in [0.1, 0.15) is 0 Å². The van der Waals surface area contributed by atoms with Crippen LogP contribution in [0.3, 0.4) is 0 Å². The van der Waals surface area contributed by atoms with Crippen LogP contribution >= 0.6 is 0 Å². The van der Waals surface area contributed by atoms with Gasteiger partial charge >= 0.3 is 0 Å². The van der Waals surface area contributed by atoms with Crippen molar-refractivity contribution in [3.8, 4) is 11.1 Å². The van der Waals surface area contributed by atoms with Crippen LogP contribution < -0.4 is 5.56 Å². The molecule has 1 heterocycles. The van der Waals surface area contributed by atoms with Crippen LogP contribution in [0.4, 0.5) is 0 Å². The molecule has 3 nitrogen and oxygen atoms in total. The first kappa shape index (κ1) is 11.9. The van der Waals surface area contributed by atoms with Crippen LogP contribution in [0.15, 0.2) is 71.8 Å². The molecule has 1 aromatic heterocycles. The lowest BCUT2D eigenvalue weighted by atomic mass is 9.97. The fourth-order valence-corrected chi connectivity index (χ4v) is 2.71. The Hall–Kier alpha value is -2.94. The van der Waals surface area contributed by atoms with Gasteiger partial charge in [0, 0.05) is 0 Å². The average Bonchev–Trinajstić information content (AvgIpc) is 2.54. The molecule has 0 amide bonds. The molecule has 0 saturated heterocycles. The Morgan fingerprint density at radius 3 is 2.67 bits per heavy atom. The van der Waals surface area contributed by atoms with Gasteiger partial charge in [-0.25, -0.2) is 4.98 Å². The minimum Gasteiger partial charge on any atom is -0.313 e. The molecule has 0 atom stereocenters. The highest BCUT2D eigenvalue weighted by atomic mass is 16.1. The van der Waals surface area contributed by atoms with Gasteiger partial charge in [-0.3, -0.25) is 4.79 Å². The molecule has 0 spiro atoms. The Labute approximate surface area is 120 Å². The van der Waals surface area contributed by atoms with Gasteiger partial charge in [-0.05, 0) is 34.0 Å². The van der Waals surface area contributed by atoms with Crippen molar-refractivity contribution in [2.45, 2.75) is 0 Å². The van der Waals surface area contributed by atoms with Gasteiger partial charge in [-0.1, -0.05) is 48.5 Å². The molecule has 4 rings (SSSR count). The van der Waals surface area contributed by atoms with Crippen LogP contribution in [0.5, 0.6) is 0 Å². The second kappa shape index (κ2) is 4.56. The van der Waals surface area contributed by atoms with E-state index in [1.807, 2.05) is 36.4 Å². The average molecular weight is 272 g/mol. The van der Waals surface area contributed by atoms with Gasteiger partial charge < -0.3 is 4.98 Å². The third-order valence-corrected chi connectivity index (χ3v) is 3.74. The lowest BCUT2D eigenvalue weighted by Gasteiger charge is -2.07. The summed E-state index contributed by atoms with van der Waals surface area (Å²) < 4.78 is 0. The second-order valence-corrected chi connectivity index (χ2v) is 4.99. The minimum absolute atomic E-state index is 0.109. The molecule has 100 valence electrons. The molecule has 4 aromatic rings. The predicted molar refractivity (Wildman–Crippen MR) is 85.3 cm³/mol. The molecule has 1 N–H and O–H groups in total. The van der Waals surface area contributed by atoms with Crippen LogP contribution in [-0.2, 0) is 0 Å². The number of nitrogens with one attached hydrogen (secondary N) is 1. The first-order valence-electron chi connectivity index (χ1n) is 6.78. The maximum atomic E-state index is 11.9. The highest BCUT2D eigenvalue weighted by Crippen LogP contribution is 2.29. The van der Waals surface area contributed by atoms with E-state index in [0.717, 1.165) is 11.1 Å². The topological polar surface area (TPSA) is 45.8 Å². The Morgan fingerprint density at radius 2 is 1.71 bits per heavy atom. The van der Waals surface area contributed by atoms with Gasteiger partial charge in [0.15, 0.2) is 0 Å². The number of fused-ring (bicyclic) bond motifs is 2. The molecule has 3 heteroatoms. The third-order valence-electron chi connectivity index (χ3n) is 3.74. The Morgan fingerprint density at radius 1 is 0.857 bits per heavy atom. The number of benzene rings is 3. The first-order valence-corrected chi connectivity index (χ1v) is 6.78. The number of rotatable bonds is 1. The van der Waals surface area contributed by atoms with Gasteiger partial charge in [-0.2, -0.15) is 0 Å². The van der Waals surface area contributed by atoms with Crippen molar-refractivity contribution in [1.82, 2.24) is 9.97 Å². The van der Waals surface area contributed by atoms with E-state index in [1.54, 1.807) is 0 Å². The highest BCUT2D eigenvalue weighted by molar-refractivity contribution is 5.98. The fourth-order valence-electron chi connectivity index (χ4n) is 2.71. The first-order chi connectivity index (χ1) is 10.3. The molecule has 0 aliphatic rings. The van der Waals surface area contributed by atoms with E-state index in [9.17, 15) is 4.79 Å². The zero-order chi connectivity index (χ0) is 14.2. The van der Waals surface area contributed by atoms with Gasteiger partial charge in [0.05, 0.1) is 17.2 Å². The Bertz CT molecular complexity index is 1010. The molecule has 0 fully saturated rings. The fraction of sp³-hybridized carbons (Fsp3) is 0. The van der Waals surface area contributed by atoms with E-state index in [4.69, 9.17) is 0 Å². The molecule has 3 aromatic carbocycles. The highest BCUT2D eigenvalue weighted by Gasteiger charge is 2.06. The summed E-state index contributed by atoms with van der Waals surface area (Å²) >= 11 is 0. The largest absolute Gasteiger partial charge is 0.313 e. The third kappa shape index (κ3) is 1.91. The molecule has 0 aliphatic carbocycles. The van der Waals surface area contributed by atoms with E-state index >= 15 is 0 Å². The predicted octanol–water partition coefficient (Wildman–Crippen LogP) is 3.74. The Kier molecular flexibility index (Phi) is 2.57. The molecule has 0 bridgehead atoms. The van der Waals surface area contributed by atoms with Crippen LogP contribution in [0.25, 0.3) is 32.8 Å². The van der Waals surface area contributed by atoms with E-state index in [-0.39, 0.29) is 5.56 Å². The molecule has 0 saturated carbocycles. The summed E-state index contributed by atoms with van der Waals surface area (Å²) in [7, 11) is 0. The second-order valence-electron chi connectivity index (χ2n) is 4.99. The zero-order valence-corrected chi connectivity index (χ0v) is 11.2. The standard InChI is InChI=1S/C18H12N2O/c21-18-16-10-13(8-9-17(16)19-11-20-18)15-7-3-5-12-4-1-2-6-14(12)15/h1-11H,(H,19,20,21). The molecule has 0 unspecified atom stereocenters. The van der Waals surface area contributed by atoms with E-state index in [1.165, 1.54) is 17.1 Å². The maximum Gasteiger partial charge on any atom is 0.258 e. The molecule has 0 aliphatic heterocycles. The van der Waals surface area contributed by atoms with Crippen LogP contribution in [0.1, 0.15) is 0 Å². The lowest BCUT2D eigenvalue weighted by molar-refractivity contribution is 1.17. The summed E-state index contributed by atoms with van der Waals surface area (Å²) in [4.78, 5) is 18.7. The van der Waals surface area contributed by atoms with Gasteiger partial charge in [0.2, 0.25) is 0 Å². The van der Waals surface area contributed by atoms with Crippen molar-refractivity contribution in [2.24, 2.45) is 0 Å². The van der Waals surface area contributed by atoms with Crippen molar-refractivity contribution < 1.29 is 0 Å². The van der Waals surface area contributed by atoms with E-state index in [2.05, 4.69) is 34.2 Å². The monoisotopic (exact) mass is 272 g/mol.